The van der Waals surface area contributed by atoms with Crippen molar-refractivity contribution in [3.63, 3.8) is 0 Å². The molecule has 1 fully saturated rings. The van der Waals surface area contributed by atoms with Gasteiger partial charge in [-0.25, -0.2) is 0 Å². The third kappa shape index (κ3) is 3.12. The summed E-state index contributed by atoms with van der Waals surface area (Å²) in [4.78, 5) is 14.8. The normalized spacial score (nSPS) is 27.4. The minimum Gasteiger partial charge on any atom is -0.481 e. The third-order valence-electron chi connectivity index (χ3n) is 3.90. The van der Waals surface area contributed by atoms with Crippen molar-refractivity contribution in [1.29, 1.82) is 0 Å². The van der Waals surface area contributed by atoms with Crippen LogP contribution in [0.25, 0.3) is 0 Å². The van der Waals surface area contributed by atoms with Gasteiger partial charge in [-0.05, 0) is 31.6 Å². The second kappa shape index (κ2) is 5.69. The number of ether oxygens (including phenoxy) is 1. The number of aliphatic carboxylic acids is 1. The summed E-state index contributed by atoms with van der Waals surface area (Å²) in [5.41, 5.74) is -0.461. The average molecular weight is 268 g/mol. The van der Waals surface area contributed by atoms with E-state index in [0.29, 0.717) is 17.6 Å². The molecule has 6 heteroatoms. The molecule has 1 aliphatic rings. The molecule has 0 unspecified atom stereocenters. The van der Waals surface area contributed by atoms with Gasteiger partial charge in [0.2, 0.25) is 11.7 Å². The smallest absolute Gasteiger partial charge is 0.303 e. The van der Waals surface area contributed by atoms with E-state index in [1.807, 2.05) is 0 Å². The van der Waals surface area contributed by atoms with Crippen molar-refractivity contribution in [3.8, 4) is 0 Å². The van der Waals surface area contributed by atoms with E-state index in [2.05, 4.69) is 17.1 Å². The second-order valence-electron chi connectivity index (χ2n) is 5.29. The van der Waals surface area contributed by atoms with Gasteiger partial charge in [0.15, 0.2) is 0 Å². The molecule has 0 saturated heterocycles. The Hall–Kier alpha value is -1.43. The van der Waals surface area contributed by atoms with Gasteiger partial charge < -0.3 is 14.4 Å². The highest BCUT2D eigenvalue weighted by Crippen LogP contribution is 2.40. The minimum atomic E-state index is -0.868. The topological polar surface area (TPSA) is 85.5 Å². The first-order valence-corrected chi connectivity index (χ1v) is 6.66. The van der Waals surface area contributed by atoms with Crippen molar-refractivity contribution < 1.29 is 19.2 Å². The van der Waals surface area contributed by atoms with Gasteiger partial charge in [0.1, 0.15) is 5.60 Å². The van der Waals surface area contributed by atoms with Crippen LogP contribution in [0.1, 0.15) is 50.7 Å². The summed E-state index contributed by atoms with van der Waals surface area (Å²) in [7, 11) is 1.67. The number of carbonyl (C=O) groups is 1. The Bertz CT molecular complexity index is 436. The fourth-order valence-electron chi connectivity index (χ4n) is 2.50. The average Bonchev–Trinajstić information content (AvgIpc) is 2.87. The molecule has 1 heterocycles. The Morgan fingerprint density at radius 1 is 1.53 bits per heavy atom. The van der Waals surface area contributed by atoms with Crippen LogP contribution in [0.3, 0.4) is 0 Å². The number of aromatic nitrogens is 2. The van der Waals surface area contributed by atoms with Gasteiger partial charge >= 0.3 is 5.97 Å². The maximum Gasteiger partial charge on any atom is 0.303 e. The molecule has 19 heavy (non-hydrogen) atoms. The van der Waals surface area contributed by atoms with Gasteiger partial charge in [-0.1, -0.05) is 12.1 Å². The Balaban J connectivity index is 2.09. The van der Waals surface area contributed by atoms with Crippen molar-refractivity contribution >= 4 is 5.97 Å². The largest absolute Gasteiger partial charge is 0.481 e. The van der Waals surface area contributed by atoms with Crippen LogP contribution in [0.5, 0.6) is 0 Å². The highest BCUT2D eigenvalue weighted by atomic mass is 16.5. The van der Waals surface area contributed by atoms with Crippen molar-refractivity contribution in [2.24, 2.45) is 5.92 Å². The predicted molar refractivity (Wildman–Crippen MR) is 66.6 cm³/mol. The molecule has 1 saturated carbocycles. The van der Waals surface area contributed by atoms with Crippen molar-refractivity contribution in [2.45, 2.75) is 51.0 Å². The van der Waals surface area contributed by atoms with Crippen molar-refractivity contribution in [1.82, 2.24) is 10.1 Å². The molecule has 0 spiro atoms. The van der Waals surface area contributed by atoms with Gasteiger partial charge in [0.25, 0.3) is 0 Å². The van der Waals surface area contributed by atoms with Crippen LogP contribution in [-0.4, -0.2) is 28.3 Å². The summed E-state index contributed by atoms with van der Waals surface area (Å²) >= 11 is 0. The maximum absolute atomic E-state index is 10.5. The summed E-state index contributed by atoms with van der Waals surface area (Å²) < 4.78 is 10.8. The predicted octanol–water partition coefficient (Wildman–Crippen LogP) is 2.14. The fraction of sp³-hybridized carbons (Fsp3) is 0.769. The number of carboxylic acids is 1. The molecule has 0 aliphatic heterocycles. The van der Waals surface area contributed by atoms with Crippen molar-refractivity contribution in [3.05, 3.63) is 11.7 Å². The van der Waals surface area contributed by atoms with E-state index in [9.17, 15) is 4.79 Å². The van der Waals surface area contributed by atoms with Gasteiger partial charge in [0, 0.05) is 13.5 Å². The molecule has 1 aliphatic carbocycles. The Kier molecular flexibility index (Phi) is 4.19. The van der Waals surface area contributed by atoms with Gasteiger partial charge in [-0.2, -0.15) is 4.98 Å². The van der Waals surface area contributed by atoms with Crippen LogP contribution in [-0.2, 0) is 21.6 Å². The maximum atomic E-state index is 10.5. The lowest BCUT2D eigenvalue weighted by Gasteiger charge is -2.35. The molecule has 1 N–H and O–H groups in total. The van der Waals surface area contributed by atoms with E-state index in [1.165, 1.54) is 0 Å². The first-order valence-electron chi connectivity index (χ1n) is 6.66. The zero-order chi connectivity index (χ0) is 13.9. The van der Waals surface area contributed by atoms with Crippen molar-refractivity contribution in [2.75, 3.05) is 7.11 Å². The molecule has 0 bridgehead atoms. The Labute approximate surface area is 112 Å². The molecule has 0 aromatic carbocycles. The lowest BCUT2D eigenvalue weighted by atomic mass is 9.79. The molecule has 0 radical (unpaired) electrons. The number of nitrogens with zero attached hydrogens (tertiary/aromatic N) is 2. The number of hydrogen-bond acceptors (Lipinski definition) is 5. The summed E-state index contributed by atoms with van der Waals surface area (Å²) in [5.74, 6) is 0.754. The Morgan fingerprint density at radius 3 is 2.79 bits per heavy atom. The number of aryl methyl sites for hydroxylation is 1. The minimum absolute atomic E-state index is 0.00134. The van der Waals surface area contributed by atoms with E-state index in [4.69, 9.17) is 14.4 Å². The van der Waals surface area contributed by atoms with Crippen LogP contribution in [0, 0.1) is 5.92 Å². The summed E-state index contributed by atoms with van der Waals surface area (Å²) in [6, 6.07) is 0. The highest BCUT2D eigenvalue weighted by molar-refractivity contribution is 5.66. The zero-order valence-electron chi connectivity index (χ0n) is 11.4. The number of methoxy groups -OCH3 is 1. The van der Waals surface area contributed by atoms with Gasteiger partial charge in [-0.15, -0.1) is 0 Å². The van der Waals surface area contributed by atoms with E-state index in [1.54, 1.807) is 7.11 Å². The van der Waals surface area contributed by atoms with E-state index in [0.717, 1.165) is 25.7 Å². The second-order valence-corrected chi connectivity index (χ2v) is 5.29. The molecule has 106 valence electrons. The van der Waals surface area contributed by atoms with Gasteiger partial charge in [0.05, 0.1) is 6.42 Å². The lowest BCUT2D eigenvalue weighted by molar-refractivity contribution is -0.137. The first-order chi connectivity index (χ1) is 9.05. The molecule has 1 aromatic heterocycles. The molecular weight excluding hydrogens is 248 g/mol. The van der Waals surface area contributed by atoms with Crippen LogP contribution in [0.4, 0.5) is 0 Å². The van der Waals surface area contributed by atoms with Crippen LogP contribution >= 0.6 is 0 Å². The van der Waals surface area contributed by atoms with Crippen LogP contribution in [0.2, 0.25) is 0 Å². The third-order valence-corrected chi connectivity index (χ3v) is 3.90. The molecule has 2 rings (SSSR count). The van der Waals surface area contributed by atoms with E-state index < -0.39 is 11.6 Å². The number of rotatable bonds is 5. The van der Waals surface area contributed by atoms with Crippen LogP contribution in [0.15, 0.2) is 4.52 Å². The quantitative estimate of drug-likeness (QED) is 0.880. The summed E-state index contributed by atoms with van der Waals surface area (Å²) in [5, 5.41) is 12.6. The molecule has 0 amide bonds. The number of hydrogen-bond donors (Lipinski definition) is 1. The lowest BCUT2D eigenvalue weighted by Crippen LogP contribution is -2.34. The van der Waals surface area contributed by atoms with E-state index >= 15 is 0 Å². The fourth-order valence-corrected chi connectivity index (χ4v) is 2.50. The number of carboxylic acid groups (broad SMARTS) is 1. The summed E-state index contributed by atoms with van der Waals surface area (Å²) in [6.07, 6.45) is 4.17. The highest BCUT2D eigenvalue weighted by Gasteiger charge is 2.40. The standard InChI is InChI=1S/C13H20N2O4/c1-9-5-7-13(18-2,8-6-9)12-14-10(19-15-12)3-4-11(16)17/h9H,3-8H2,1-2H3,(H,16,17). The monoisotopic (exact) mass is 268 g/mol. The SMILES string of the molecule is COC1(c2noc(CCC(=O)O)n2)CCC(C)CC1. The molecular formula is C13H20N2O4. The van der Waals surface area contributed by atoms with E-state index in [-0.39, 0.29) is 12.8 Å². The van der Waals surface area contributed by atoms with Crippen LogP contribution < -0.4 is 0 Å². The first kappa shape index (κ1) is 14.0. The zero-order valence-corrected chi connectivity index (χ0v) is 11.4. The Morgan fingerprint density at radius 2 is 2.21 bits per heavy atom. The summed E-state index contributed by atoms with van der Waals surface area (Å²) in [6.45, 7) is 2.23. The molecule has 6 nitrogen and oxygen atoms in total. The molecule has 0 atom stereocenters. The molecule has 1 aromatic rings. The van der Waals surface area contributed by atoms with Gasteiger partial charge in [-0.3, -0.25) is 4.79 Å².